The molecule has 0 spiro atoms. The smallest absolute Gasteiger partial charge is 0.376 e. The van der Waals surface area contributed by atoms with Crippen LogP contribution in [0.2, 0.25) is 5.15 Å². The Morgan fingerprint density at radius 1 is 1.50 bits per heavy atom. The highest BCUT2D eigenvalue weighted by Gasteiger charge is 2.13. The van der Waals surface area contributed by atoms with E-state index in [1.54, 1.807) is 25.4 Å². The molecule has 2 heterocycles. The number of nitrogens with zero attached hydrogens (tertiary/aromatic N) is 3. The highest BCUT2D eigenvalue weighted by molar-refractivity contribution is 6.34. The van der Waals surface area contributed by atoms with Gasteiger partial charge in [0.05, 0.1) is 17.5 Å². The Balaban J connectivity index is 2.53. The predicted molar refractivity (Wildman–Crippen MR) is 58.3 cm³/mol. The van der Waals surface area contributed by atoms with Crippen LogP contribution >= 0.6 is 11.6 Å². The first-order valence-corrected chi connectivity index (χ1v) is 5.04. The lowest BCUT2D eigenvalue weighted by Crippen LogP contribution is -2.10. The molecule has 0 aromatic carbocycles. The number of ether oxygens (including phenoxy) is 1. The second-order valence-electron chi connectivity index (χ2n) is 2.95. The highest BCUT2D eigenvalue weighted by Crippen LogP contribution is 2.18. The lowest BCUT2D eigenvalue weighted by molar-refractivity contribution is 0.0512. The Morgan fingerprint density at radius 3 is 3.06 bits per heavy atom. The number of pyridine rings is 1. The fourth-order valence-corrected chi connectivity index (χ4v) is 1.45. The normalized spacial score (nSPS) is 10.4. The Morgan fingerprint density at radius 2 is 2.31 bits per heavy atom. The third-order valence-electron chi connectivity index (χ3n) is 1.91. The molecule has 0 aliphatic carbocycles. The van der Waals surface area contributed by atoms with Crippen LogP contribution in [0.3, 0.4) is 0 Å². The van der Waals surface area contributed by atoms with E-state index in [9.17, 15) is 4.79 Å². The van der Waals surface area contributed by atoms with E-state index in [1.165, 1.54) is 0 Å². The van der Waals surface area contributed by atoms with Gasteiger partial charge < -0.3 is 4.74 Å². The average Bonchev–Trinajstić information content (AvgIpc) is 2.29. The van der Waals surface area contributed by atoms with Crippen LogP contribution in [-0.2, 0) is 4.74 Å². The Labute approximate surface area is 96.4 Å². The van der Waals surface area contributed by atoms with Gasteiger partial charge >= 0.3 is 5.97 Å². The number of hydrogen-bond donors (Lipinski definition) is 0. The number of aromatic nitrogens is 3. The summed E-state index contributed by atoms with van der Waals surface area (Å²) in [5.41, 5.74) is 0.568. The van der Waals surface area contributed by atoms with Crippen LogP contribution in [0, 0.1) is 0 Å². The molecule has 0 bridgehead atoms. The summed E-state index contributed by atoms with van der Waals surface area (Å²) in [4.78, 5) is 23.2. The number of carbonyl (C=O) groups excluding carboxylic acids is 1. The van der Waals surface area contributed by atoms with Gasteiger partial charge in [0.15, 0.2) is 0 Å². The minimum absolute atomic E-state index is 0.0365. The second kappa shape index (κ2) is 4.40. The third kappa shape index (κ3) is 1.94. The van der Waals surface area contributed by atoms with Gasteiger partial charge in [0.25, 0.3) is 0 Å². The topological polar surface area (TPSA) is 65.0 Å². The number of esters is 1. The summed E-state index contributed by atoms with van der Waals surface area (Å²) in [5, 5.41) is 0.804. The monoisotopic (exact) mass is 237 g/mol. The number of fused-ring (bicyclic) bond motifs is 1. The minimum atomic E-state index is -0.580. The van der Waals surface area contributed by atoms with Crippen molar-refractivity contribution < 1.29 is 9.53 Å². The molecule has 5 nitrogen and oxygen atoms in total. The molecule has 0 aliphatic rings. The zero-order chi connectivity index (χ0) is 11.5. The number of rotatable bonds is 2. The van der Waals surface area contributed by atoms with Crippen molar-refractivity contribution in [1.82, 2.24) is 15.0 Å². The zero-order valence-corrected chi connectivity index (χ0v) is 9.23. The Kier molecular flexibility index (Phi) is 2.96. The maximum absolute atomic E-state index is 11.4. The summed E-state index contributed by atoms with van der Waals surface area (Å²) in [6.45, 7) is 1.98. The number of carbonyl (C=O) groups is 1. The van der Waals surface area contributed by atoms with Crippen LogP contribution in [-0.4, -0.2) is 27.5 Å². The zero-order valence-electron chi connectivity index (χ0n) is 8.48. The summed E-state index contributed by atoms with van der Waals surface area (Å²) >= 11 is 5.91. The van der Waals surface area contributed by atoms with Gasteiger partial charge in [-0.15, -0.1) is 0 Å². The predicted octanol–water partition coefficient (Wildman–Crippen LogP) is 1.85. The number of halogens is 1. The van der Waals surface area contributed by atoms with Crippen molar-refractivity contribution in [2.24, 2.45) is 0 Å². The van der Waals surface area contributed by atoms with E-state index in [0.29, 0.717) is 10.9 Å². The van der Waals surface area contributed by atoms with Gasteiger partial charge in [0.1, 0.15) is 5.15 Å². The van der Waals surface area contributed by atoms with Gasteiger partial charge in [-0.2, -0.15) is 0 Å². The molecular formula is C10H8ClN3O2. The third-order valence-corrected chi connectivity index (χ3v) is 2.20. The molecule has 0 atom stereocenters. The van der Waals surface area contributed by atoms with Crippen LogP contribution in [0.25, 0.3) is 10.9 Å². The second-order valence-corrected chi connectivity index (χ2v) is 3.31. The molecule has 16 heavy (non-hydrogen) atoms. The first kappa shape index (κ1) is 10.8. The molecule has 6 heteroatoms. The average molecular weight is 238 g/mol. The van der Waals surface area contributed by atoms with E-state index >= 15 is 0 Å². The van der Waals surface area contributed by atoms with E-state index in [0.717, 1.165) is 0 Å². The standard InChI is InChI=1S/C10H8ClN3O2/c1-2-16-10(15)9-13-7-3-4-12-5-6(7)8(11)14-9/h3-5H,2H2,1H3. The first-order valence-electron chi connectivity index (χ1n) is 4.66. The SMILES string of the molecule is CCOC(=O)c1nc(Cl)c2cnccc2n1. The molecule has 2 aromatic heterocycles. The summed E-state index contributed by atoms with van der Waals surface area (Å²) in [6, 6.07) is 1.66. The van der Waals surface area contributed by atoms with Gasteiger partial charge in [0, 0.05) is 12.4 Å². The largest absolute Gasteiger partial charge is 0.460 e. The maximum atomic E-state index is 11.4. The van der Waals surface area contributed by atoms with Gasteiger partial charge in [-0.05, 0) is 13.0 Å². The fourth-order valence-electron chi connectivity index (χ4n) is 1.22. The summed E-state index contributed by atoms with van der Waals surface area (Å²) < 4.78 is 4.79. The van der Waals surface area contributed by atoms with Gasteiger partial charge in [-0.25, -0.2) is 14.8 Å². The van der Waals surface area contributed by atoms with E-state index in [-0.39, 0.29) is 17.6 Å². The van der Waals surface area contributed by atoms with Gasteiger partial charge in [-0.3, -0.25) is 4.98 Å². The summed E-state index contributed by atoms with van der Waals surface area (Å²) in [6.07, 6.45) is 3.12. The van der Waals surface area contributed by atoms with Crippen molar-refractivity contribution in [2.45, 2.75) is 6.92 Å². The Bertz CT molecular complexity index is 545. The van der Waals surface area contributed by atoms with Crippen LogP contribution in [0.4, 0.5) is 0 Å². The number of hydrogen-bond acceptors (Lipinski definition) is 5. The molecule has 0 saturated carbocycles. The van der Waals surface area contributed by atoms with Crippen molar-refractivity contribution >= 4 is 28.5 Å². The van der Waals surface area contributed by atoms with E-state index in [4.69, 9.17) is 16.3 Å². The van der Waals surface area contributed by atoms with Crippen molar-refractivity contribution in [3.8, 4) is 0 Å². The van der Waals surface area contributed by atoms with Crippen molar-refractivity contribution in [3.05, 3.63) is 29.4 Å². The molecule has 0 fully saturated rings. The molecule has 0 amide bonds. The molecule has 0 unspecified atom stereocenters. The maximum Gasteiger partial charge on any atom is 0.376 e. The summed E-state index contributed by atoms with van der Waals surface area (Å²) in [7, 11) is 0. The fraction of sp³-hybridized carbons (Fsp3) is 0.200. The first-order chi connectivity index (χ1) is 7.72. The van der Waals surface area contributed by atoms with Gasteiger partial charge in [0.2, 0.25) is 5.82 Å². The van der Waals surface area contributed by atoms with E-state index < -0.39 is 5.97 Å². The molecular weight excluding hydrogens is 230 g/mol. The lowest BCUT2D eigenvalue weighted by atomic mass is 10.3. The molecule has 0 radical (unpaired) electrons. The lowest BCUT2D eigenvalue weighted by Gasteiger charge is -2.03. The van der Waals surface area contributed by atoms with Crippen molar-refractivity contribution in [3.63, 3.8) is 0 Å². The highest BCUT2D eigenvalue weighted by atomic mass is 35.5. The van der Waals surface area contributed by atoms with Crippen LogP contribution in [0.15, 0.2) is 18.5 Å². The van der Waals surface area contributed by atoms with Crippen molar-refractivity contribution in [1.29, 1.82) is 0 Å². The molecule has 0 saturated heterocycles. The van der Waals surface area contributed by atoms with Crippen LogP contribution in [0.1, 0.15) is 17.5 Å². The quantitative estimate of drug-likeness (QED) is 0.589. The van der Waals surface area contributed by atoms with Crippen LogP contribution < -0.4 is 0 Å². The van der Waals surface area contributed by atoms with Crippen LogP contribution in [0.5, 0.6) is 0 Å². The molecule has 0 N–H and O–H groups in total. The van der Waals surface area contributed by atoms with E-state index in [2.05, 4.69) is 15.0 Å². The Hall–Kier alpha value is -1.75. The molecule has 82 valence electrons. The van der Waals surface area contributed by atoms with Crippen molar-refractivity contribution in [2.75, 3.05) is 6.61 Å². The molecule has 2 rings (SSSR count). The van der Waals surface area contributed by atoms with E-state index in [1.807, 2.05) is 0 Å². The van der Waals surface area contributed by atoms with Gasteiger partial charge in [-0.1, -0.05) is 11.6 Å². The summed E-state index contributed by atoms with van der Waals surface area (Å²) in [5.74, 6) is -0.617. The molecule has 0 aliphatic heterocycles. The minimum Gasteiger partial charge on any atom is -0.460 e. The molecule has 2 aromatic rings.